The van der Waals surface area contributed by atoms with Crippen LogP contribution in [0.5, 0.6) is 5.75 Å². The number of aromatic carboxylic acids is 1. The van der Waals surface area contributed by atoms with Gasteiger partial charge in [-0.25, -0.2) is 4.79 Å². The number of hydrogen-bond donors (Lipinski definition) is 2. The number of rotatable bonds is 6. The highest BCUT2D eigenvalue weighted by Crippen LogP contribution is 2.30. The first-order chi connectivity index (χ1) is 10.0. The Balaban J connectivity index is 2.31. The molecule has 1 aromatic carbocycles. The summed E-state index contributed by atoms with van der Waals surface area (Å²) in [6.45, 7) is 0. The van der Waals surface area contributed by atoms with E-state index in [0.29, 0.717) is 17.1 Å². The van der Waals surface area contributed by atoms with E-state index in [9.17, 15) is 14.7 Å². The van der Waals surface area contributed by atoms with Crippen LogP contribution in [0.1, 0.15) is 27.8 Å². The van der Waals surface area contributed by atoms with Crippen LogP contribution in [0, 0.1) is 0 Å². The van der Waals surface area contributed by atoms with E-state index < -0.39 is 17.9 Å². The van der Waals surface area contributed by atoms with Gasteiger partial charge in [0, 0.05) is 12.0 Å². The molecular formula is C15H14O6. The van der Waals surface area contributed by atoms with E-state index in [4.69, 9.17) is 14.3 Å². The van der Waals surface area contributed by atoms with Crippen LogP contribution in [0.4, 0.5) is 0 Å². The fourth-order valence-electron chi connectivity index (χ4n) is 2.09. The highest BCUT2D eigenvalue weighted by Gasteiger charge is 2.25. The fourth-order valence-corrected chi connectivity index (χ4v) is 2.09. The minimum Gasteiger partial charge on any atom is -0.496 e. The molecule has 6 heteroatoms. The van der Waals surface area contributed by atoms with E-state index >= 15 is 0 Å². The summed E-state index contributed by atoms with van der Waals surface area (Å²) in [5.41, 5.74) is 0.515. The van der Waals surface area contributed by atoms with E-state index in [2.05, 4.69) is 0 Å². The normalized spacial score (nSPS) is 11.9. The Labute approximate surface area is 120 Å². The van der Waals surface area contributed by atoms with E-state index in [0.717, 1.165) is 0 Å². The minimum absolute atomic E-state index is 0.0446. The molecule has 0 fully saturated rings. The smallest absolute Gasteiger partial charge is 0.371 e. The van der Waals surface area contributed by atoms with E-state index in [1.807, 2.05) is 0 Å². The van der Waals surface area contributed by atoms with Gasteiger partial charge in [-0.3, -0.25) is 4.79 Å². The van der Waals surface area contributed by atoms with Crippen molar-refractivity contribution < 1.29 is 29.0 Å². The fraction of sp³-hybridized carbons (Fsp3) is 0.200. The second-order valence-electron chi connectivity index (χ2n) is 4.41. The largest absolute Gasteiger partial charge is 0.496 e. The van der Waals surface area contributed by atoms with Gasteiger partial charge in [-0.1, -0.05) is 18.2 Å². The predicted molar refractivity (Wildman–Crippen MR) is 72.7 cm³/mol. The van der Waals surface area contributed by atoms with Gasteiger partial charge in [0.05, 0.1) is 13.0 Å². The number of furan rings is 1. The maximum absolute atomic E-state index is 11.5. The first-order valence-corrected chi connectivity index (χ1v) is 6.20. The topological polar surface area (TPSA) is 97.0 Å². The van der Waals surface area contributed by atoms with Crippen molar-refractivity contribution in [2.24, 2.45) is 0 Å². The van der Waals surface area contributed by atoms with Crippen molar-refractivity contribution in [1.29, 1.82) is 0 Å². The standard InChI is InChI=1S/C15H14O6/c1-20-12-5-3-2-4-10(12)11(14(16)17)8-9-6-7-13(21-9)15(18)19/h2-7,11H,8H2,1H3,(H,16,17)(H,18,19). The van der Waals surface area contributed by atoms with Crippen LogP contribution in [0.15, 0.2) is 40.8 Å². The van der Waals surface area contributed by atoms with Crippen molar-refractivity contribution >= 4 is 11.9 Å². The van der Waals surface area contributed by atoms with Gasteiger partial charge in [-0.15, -0.1) is 0 Å². The van der Waals surface area contributed by atoms with Crippen LogP contribution in [-0.4, -0.2) is 29.3 Å². The Morgan fingerprint density at radius 1 is 1.19 bits per heavy atom. The van der Waals surface area contributed by atoms with Crippen LogP contribution in [0.25, 0.3) is 0 Å². The molecule has 1 aromatic heterocycles. The van der Waals surface area contributed by atoms with Gasteiger partial charge in [-0.05, 0) is 18.2 Å². The van der Waals surface area contributed by atoms with Crippen molar-refractivity contribution in [1.82, 2.24) is 0 Å². The van der Waals surface area contributed by atoms with Crippen LogP contribution >= 0.6 is 0 Å². The Kier molecular flexibility index (Phi) is 4.27. The third-order valence-electron chi connectivity index (χ3n) is 3.09. The average Bonchev–Trinajstić information content (AvgIpc) is 2.93. The second kappa shape index (κ2) is 6.13. The molecular weight excluding hydrogens is 276 g/mol. The molecule has 2 aromatic rings. The second-order valence-corrected chi connectivity index (χ2v) is 4.41. The molecule has 0 spiro atoms. The average molecular weight is 290 g/mol. The molecule has 0 aliphatic rings. The van der Waals surface area contributed by atoms with Crippen LogP contribution in [-0.2, 0) is 11.2 Å². The zero-order valence-electron chi connectivity index (χ0n) is 11.3. The van der Waals surface area contributed by atoms with Gasteiger partial charge in [0.1, 0.15) is 11.5 Å². The predicted octanol–water partition coefficient (Wildman–Crippen LogP) is 2.40. The third kappa shape index (κ3) is 3.22. The molecule has 0 amide bonds. The third-order valence-corrected chi connectivity index (χ3v) is 3.09. The maximum Gasteiger partial charge on any atom is 0.371 e. The number of benzene rings is 1. The number of carbonyl (C=O) groups is 2. The summed E-state index contributed by atoms with van der Waals surface area (Å²) >= 11 is 0. The molecule has 0 bridgehead atoms. The Bertz CT molecular complexity index is 658. The summed E-state index contributed by atoms with van der Waals surface area (Å²) in [5.74, 6) is -2.55. The molecule has 0 aliphatic carbocycles. The summed E-state index contributed by atoms with van der Waals surface area (Å²) in [5, 5.41) is 18.2. The highest BCUT2D eigenvalue weighted by atomic mass is 16.5. The van der Waals surface area contributed by atoms with Gasteiger partial charge in [0.25, 0.3) is 0 Å². The Hall–Kier alpha value is -2.76. The molecule has 0 saturated heterocycles. The summed E-state index contributed by atoms with van der Waals surface area (Å²) in [4.78, 5) is 22.3. The molecule has 1 atom stereocenters. The summed E-state index contributed by atoms with van der Waals surface area (Å²) in [6.07, 6.45) is 0.0446. The molecule has 6 nitrogen and oxygen atoms in total. The molecule has 21 heavy (non-hydrogen) atoms. The molecule has 1 unspecified atom stereocenters. The highest BCUT2D eigenvalue weighted by molar-refractivity contribution is 5.84. The number of aliphatic carboxylic acids is 1. The maximum atomic E-state index is 11.5. The number of hydrogen-bond acceptors (Lipinski definition) is 4. The van der Waals surface area contributed by atoms with Gasteiger partial charge >= 0.3 is 11.9 Å². The molecule has 1 heterocycles. The SMILES string of the molecule is COc1ccccc1C(Cc1ccc(C(=O)O)o1)C(=O)O. The summed E-state index contributed by atoms with van der Waals surface area (Å²) < 4.78 is 10.3. The number of ether oxygens (including phenoxy) is 1. The van der Waals surface area contributed by atoms with Crippen LogP contribution in [0.3, 0.4) is 0 Å². The van der Waals surface area contributed by atoms with Crippen molar-refractivity contribution in [3.63, 3.8) is 0 Å². The van der Waals surface area contributed by atoms with Crippen molar-refractivity contribution in [3.05, 3.63) is 53.5 Å². The number of para-hydroxylation sites is 1. The molecule has 0 saturated carbocycles. The molecule has 2 N–H and O–H groups in total. The molecule has 2 rings (SSSR count). The summed E-state index contributed by atoms with van der Waals surface area (Å²) in [6, 6.07) is 9.58. The zero-order chi connectivity index (χ0) is 15.4. The van der Waals surface area contributed by atoms with Gasteiger partial charge in [-0.2, -0.15) is 0 Å². The number of methoxy groups -OCH3 is 1. The van der Waals surface area contributed by atoms with Crippen molar-refractivity contribution in [2.45, 2.75) is 12.3 Å². The first kappa shape index (κ1) is 14.6. The number of carboxylic acids is 2. The quantitative estimate of drug-likeness (QED) is 0.847. The molecule has 0 radical (unpaired) electrons. The molecule has 0 aliphatic heterocycles. The van der Waals surface area contributed by atoms with Crippen molar-refractivity contribution in [2.75, 3.05) is 7.11 Å². The lowest BCUT2D eigenvalue weighted by molar-refractivity contribution is -0.138. The van der Waals surface area contributed by atoms with Crippen molar-refractivity contribution in [3.8, 4) is 5.75 Å². The van der Waals surface area contributed by atoms with Gasteiger partial charge in [0.2, 0.25) is 5.76 Å². The lowest BCUT2D eigenvalue weighted by Crippen LogP contribution is -2.15. The van der Waals surface area contributed by atoms with Gasteiger partial charge < -0.3 is 19.4 Å². The lowest BCUT2D eigenvalue weighted by atomic mass is 9.94. The van der Waals surface area contributed by atoms with E-state index in [-0.39, 0.29) is 12.2 Å². The van der Waals surface area contributed by atoms with E-state index in [1.165, 1.54) is 19.2 Å². The number of carboxylic acid groups (broad SMARTS) is 2. The summed E-state index contributed by atoms with van der Waals surface area (Å²) in [7, 11) is 1.47. The molecule has 110 valence electrons. The first-order valence-electron chi connectivity index (χ1n) is 6.20. The van der Waals surface area contributed by atoms with Crippen LogP contribution in [0.2, 0.25) is 0 Å². The van der Waals surface area contributed by atoms with Crippen LogP contribution < -0.4 is 4.74 Å². The Morgan fingerprint density at radius 3 is 2.48 bits per heavy atom. The zero-order valence-corrected chi connectivity index (χ0v) is 11.3. The monoisotopic (exact) mass is 290 g/mol. The van der Waals surface area contributed by atoms with E-state index in [1.54, 1.807) is 24.3 Å². The lowest BCUT2D eigenvalue weighted by Gasteiger charge is -2.14. The minimum atomic E-state index is -1.19. The Morgan fingerprint density at radius 2 is 1.90 bits per heavy atom. The van der Waals surface area contributed by atoms with Gasteiger partial charge in [0.15, 0.2) is 0 Å².